The van der Waals surface area contributed by atoms with Gasteiger partial charge < -0.3 is 5.11 Å². The van der Waals surface area contributed by atoms with Crippen molar-refractivity contribution in [2.45, 2.75) is 19.3 Å². The van der Waals surface area contributed by atoms with Crippen molar-refractivity contribution in [1.29, 1.82) is 0 Å². The van der Waals surface area contributed by atoms with Gasteiger partial charge in [0.2, 0.25) is 0 Å². The minimum atomic E-state index is 0.147. The number of aromatic hydroxyl groups is 1. The monoisotopic (exact) mass is 162 g/mol. The van der Waals surface area contributed by atoms with Crippen LogP contribution >= 0.6 is 0 Å². The third-order valence-electron chi connectivity index (χ3n) is 2.36. The van der Waals surface area contributed by atoms with Crippen LogP contribution in [-0.4, -0.2) is 10.9 Å². The first-order valence-corrected chi connectivity index (χ1v) is 4.04. The van der Waals surface area contributed by atoms with Gasteiger partial charge in [0.1, 0.15) is 5.75 Å². The van der Waals surface area contributed by atoms with Crippen LogP contribution in [0.25, 0.3) is 0 Å². The van der Waals surface area contributed by atoms with Gasteiger partial charge in [-0.25, -0.2) is 0 Å². The van der Waals surface area contributed by atoms with Gasteiger partial charge in [-0.15, -0.1) is 0 Å². The van der Waals surface area contributed by atoms with Gasteiger partial charge in [-0.05, 0) is 23.6 Å². The van der Waals surface area contributed by atoms with Gasteiger partial charge in [0.15, 0.2) is 5.78 Å². The number of hydrogen-bond donors (Lipinski definition) is 1. The maximum Gasteiger partial charge on any atom is 0.163 e. The maximum absolute atomic E-state index is 11.3. The number of phenols is 1. The average molecular weight is 162 g/mol. The molecule has 0 fully saturated rings. The van der Waals surface area contributed by atoms with Crippen molar-refractivity contribution < 1.29 is 9.90 Å². The van der Waals surface area contributed by atoms with Crippen LogP contribution in [0.3, 0.4) is 0 Å². The number of rotatable bonds is 0. The predicted octanol–water partition coefficient (Wildman–Crippen LogP) is 2.08. The molecule has 0 aliphatic heterocycles. The fourth-order valence-corrected chi connectivity index (χ4v) is 1.71. The summed E-state index contributed by atoms with van der Waals surface area (Å²) in [7, 11) is 0. The van der Waals surface area contributed by atoms with Crippen molar-refractivity contribution in [1.82, 2.24) is 0 Å². The Balaban J connectivity index is 2.60. The minimum Gasteiger partial charge on any atom is -0.508 e. The Kier molecular flexibility index (Phi) is 1.43. The van der Waals surface area contributed by atoms with E-state index in [4.69, 9.17) is 5.11 Å². The van der Waals surface area contributed by atoms with E-state index in [9.17, 15) is 4.79 Å². The molecule has 1 aliphatic carbocycles. The summed E-state index contributed by atoms with van der Waals surface area (Å²) in [6, 6.07) is 5.02. The number of carbonyl (C=O) groups is 1. The van der Waals surface area contributed by atoms with E-state index in [2.05, 4.69) is 0 Å². The summed E-state index contributed by atoms with van der Waals surface area (Å²) in [4.78, 5) is 11.3. The van der Waals surface area contributed by atoms with E-state index in [1.807, 2.05) is 13.0 Å². The average Bonchev–Trinajstić information content (AvgIpc) is 2.28. The Hall–Kier alpha value is -1.31. The van der Waals surface area contributed by atoms with Crippen LogP contribution in [0.5, 0.6) is 5.75 Å². The zero-order valence-corrected chi connectivity index (χ0v) is 6.87. The van der Waals surface area contributed by atoms with Crippen molar-refractivity contribution in [3.05, 3.63) is 29.3 Å². The van der Waals surface area contributed by atoms with Gasteiger partial charge in [0.05, 0.1) is 0 Å². The SMILES string of the molecule is C[C@@H]1CC(=O)c2cc(O)ccc21. The molecule has 2 heteroatoms. The molecule has 0 amide bonds. The Morgan fingerprint density at radius 1 is 1.50 bits per heavy atom. The Bertz CT molecular complexity index is 342. The van der Waals surface area contributed by atoms with E-state index < -0.39 is 0 Å². The molecule has 0 spiro atoms. The zero-order valence-electron chi connectivity index (χ0n) is 6.87. The third kappa shape index (κ3) is 0.916. The predicted molar refractivity (Wildman–Crippen MR) is 45.5 cm³/mol. The first-order chi connectivity index (χ1) is 5.68. The lowest BCUT2D eigenvalue weighted by molar-refractivity contribution is 0.0990. The molecule has 12 heavy (non-hydrogen) atoms. The number of ketones is 1. The van der Waals surface area contributed by atoms with E-state index in [-0.39, 0.29) is 11.5 Å². The van der Waals surface area contributed by atoms with Crippen LogP contribution in [0, 0.1) is 0 Å². The Morgan fingerprint density at radius 2 is 2.25 bits per heavy atom. The number of carbonyl (C=O) groups excluding carboxylic acids is 1. The summed E-state index contributed by atoms with van der Waals surface area (Å²) >= 11 is 0. The molecule has 1 atom stereocenters. The molecule has 0 saturated carbocycles. The molecule has 1 aromatic carbocycles. The quantitative estimate of drug-likeness (QED) is 0.634. The molecule has 1 aromatic rings. The Morgan fingerprint density at radius 3 is 3.00 bits per heavy atom. The smallest absolute Gasteiger partial charge is 0.163 e. The number of fused-ring (bicyclic) bond motifs is 1. The highest BCUT2D eigenvalue weighted by Crippen LogP contribution is 2.34. The first-order valence-electron chi connectivity index (χ1n) is 4.04. The number of hydrogen-bond acceptors (Lipinski definition) is 2. The lowest BCUT2D eigenvalue weighted by atomic mass is 10.0. The van der Waals surface area contributed by atoms with Crippen LogP contribution in [0.2, 0.25) is 0 Å². The molecule has 0 heterocycles. The zero-order chi connectivity index (χ0) is 8.72. The van der Waals surface area contributed by atoms with E-state index >= 15 is 0 Å². The van der Waals surface area contributed by atoms with Crippen molar-refractivity contribution in [2.75, 3.05) is 0 Å². The fourth-order valence-electron chi connectivity index (χ4n) is 1.71. The summed E-state index contributed by atoms with van der Waals surface area (Å²) in [5.41, 5.74) is 1.76. The normalized spacial score (nSPS) is 21.1. The van der Waals surface area contributed by atoms with Crippen LogP contribution in [0.4, 0.5) is 0 Å². The van der Waals surface area contributed by atoms with Crippen molar-refractivity contribution in [2.24, 2.45) is 0 Å². The molecular formula is C10H10O2. The van der Waals surface area contributed by atoms with E-state index in [1.54, 1.807) is 12.1 Å². The van der Waals surface area contributed by atoms with Crippen LogP contribution in [0.1, 0.15) is 35.2 Å². The van der Waals surface area contributed by atoms with Crippen LogP contribution in [0.15, 0.2) is 18.2 Å². The van der Waals surface area contributed by atoms with Crippen molar-refractivity contribution >= 4 is 5.78 Å². The van der Waals surface area contributed by atoms with E-state index in [0.29, 0.717) is 17.9 Å². The van der Waals surface area contributed by atoms with Gasteiger partial charge in [-0.3, -0.25) is 4.79 Å². The standard InChI is InChI=1S/C10H10O2/c1-6-4-10(12)9-5-7(11)2-3-8(6)9/h2-3,5-6,11H,4H2,1H3/t6-/m1/s1. The highest BCUT2D eigenvalue weighted by molar-refractivity contribution is 6.01. The summed E-state index contributed by atoms with van der Waals surface area (Å²) in [6.45, 7) is 2.03. The Labute approximate surface area is 70.8 Å². The summed E-state index contributed by atoms with van der Waals surface area (Å²) in [5.74, 6) is 0.637. The molecule has 2 rings (SSSR count). The molecule has 0 saturated heterocycles. The minimum absolute atomic E-state index is 0.147. The molecule has 0 radical (unpaired) electrons. The molecule has 0 bridgehead atoms. The second kappa shape index (κ2) is 2.34. The number of phenolic OH excluding ortho intramolecular Hbond substituents is 1. The second-order valence-corrected chi connectivity index (χ2v) is 3.30. The molecular weight excluding hydrogens is 152 g/mol. The van der Waals surface area contributed by atoms with Crippen molar-refractivity contribution in [3.8, 4) is 5.75 Å². The molecule has 1 N–H and O–H groups in total. The molecule has 0 unspecified atom stereocenters. The number of benzene rings is 1. The van der Waals surface area contributed by atoms with Gasteiger partial charge >= 0.3 is 0 Å². The third-order valence-corrected chi connectivity index (χ3v) is 2.36. The van der Waals surface area contributed by atoms with Crippen LogP contribution in [-0.2, 0) is 0 Å². The first kappa shape index (κ1) is 7.35. The topological polar surface area (TPSA) is 37.3 Å². The largest absolute Gasteiger partial charge is 0.508 e. The maximum atomic E-state index is 11.3. The van der Waals surface area contributed by atoms with Gasteiger partial charge in [0, 0.05) is 12.0 Å². The molecule has 1 aliphatic rings. The molecule has 2 nitrogen and oxygen atoms in total. The van der Waals surface area contributed by atoms with Crippen LogP contribution < -0.4 is 0 Å². The fraction of sp³-hybridized carbons (Fsp3) is 0.300. The highest BCUT2D eigenvalue weighted by atomic mass is 16.3. The lowest BCUT2D eigenvalue weighted by Gasteiger charge is -2.01. The molecule has 0 aromatic heterocycles. The summed E-state index contributed by atoms with van der Waals surface area (Å²) < 4.78 is 0. The second-order valence-electron chi connectivity index (χ2n) is 3.30. The summed E-state index contributed by atoms with van der Waals surface area (Å²) in [6.07, 6.45) is 0.582. The van der Waals surface area contributed by atoms with E-state index in [0.717, 1.165) is 5.56 Å². The van der Waals surface area contributed by atoms with E-state index in [1.165, 1.54) is 0 Å². The number of Topliss-reactive ketones (excluding diaryl/α,β-unsaturated/α-hetero) is 1. The van der Waals surface area contributed by atoms with Crippen molar-refractivity contribution in [3.63, 3.8) is 0 Å². The summed E-state index contributed by atoms with van der Waals surface area (Å²) in [5, 5.41) is 9.15. The van der Waals surface area contributed by atoms with Gasteiger partial charge in [0.25, 0.3) is 0 Å². The van der Waals surface area contributed by atoms with Gasteiger partial charge in [-0.2, -0.15) is 0 Å². The highest BCUT2D eigenvalue weighted by Gasteiger charge is 2.25. The van der Waals surface area contributed by atoms with Gasteiger partial charge in [-0.1, -0.05) is 13.0 Å². The molecule has 62 valence electrons. The lowest BCUT2D eigenvalue weighted by Crippen LogP contribution is -1.89.